The summed E-state index contributed by atoms with van der Waals surface area (Å²) < 4.78 is 18.3. The summed E-state index contributed by atoms with van der Waals surface area (Å²) in [6, 6.07) is 5.96. The molecule has 24 heavy (non-hydrogen) atoms. The third kappa shape index (κ3) is 5.51. The van der Waals surface area contributed by atoms with E-state index in [0.29, 0.717) is 32.6 Å². The molecule has 2 amide bonds. The highest BCUT2D eigenvalue weighted by Gasteiger charge is 2.25. The van der Waals surface area contributed by atoms with E-state index in [1.807, 2.05) is 20.8 Å². The van der Waals surface area contributed by atoms with Gasteiger partial charge in [-0.3, -0.25) is 4.79 Å². The van der Waals surface area contributed by atoms with Crippen LogP contribution >= 0.6 is 0 Å². The number of benzene rings is 1. The highest BCUT2D eigenvalue weighted by molar-refractivity contribution is 5.79. The van der Waals surface area contributed by atoms with E-state index in [1.165, 1.54) is 12.1 Å². The van der Waals surface area contributed by atoms with Crippen molar-refractivity contribution in [2.45, 2.75) is 39.2 Å². The Labute approximate surface area is 142 Å². The van der Waals surface area contributed by atoms with Gasteiger partial charge in [0, 0.05) is 26.2 Å². The Hall–Kier alpha value is -2.11. The Morgan fingerprint density at radius 1 is 1.04 bits per heavy atom. The van der Waals surface area contributed by atoms with Gasteiger partial charge in [-0.25, -0.2) is 9.18 Å². The molecule has 2 rings (SSSR count). The lowest BCUT2D eigenvalue weighted by molar-refractivity contribution is -0.130. The first-order valence-corrected chi connectivity index (χ1v) is 8.25. The van der Waals surface area contributed by atoms with E-state index in [0.717, 1.165) is 5.56 Å². The molecule has 1 aliphatic heterocycles. The Balaban J connectivity index is 1.89. The molecule has 1 aromatic carbocycles. The maximum atomic E-state index is 12.9. The largest absolute Gasteiger partial charge is 0.444 e. The fourth-order valence-electron chi connectivity index (χ4n) is 2.56. The van der Waals surface area contributed by atoms with Crippen molar-refractivity contribution in [1.29, 1.82) is 0 Å². The summed E-state index contributed by atoms with van der Waals surface area (Å²) in [4.78, 5) is 27.9. The predicted molar refractivity (Wildman–Crippen MR) is 89.1 cm³/mol. The molecule has 0 bridgehead atoms. The number of ether oxygens (including phenoxy) is 1. The quantitative estimate of drug-likeness (QED) is 0.834. The molecular weight excluding hydrogens is 311 g/mol. The van der Waals surface area contributed by atoms with Crippen LogP contribution in [0.5, 0.6) is 0 Å². The summed E-state index contributed by atoms with van der Waals surface area (Å²) in [5, 5.41) is 0. The van der Waals surface area contributed by atoms with Gasteiger partial charge in [0.2, 0.25) is 5.91 Å². The number of carbonyl (C=O) groups is 2. The first-order chi connectivity index (χ1) is 11.2. The van der Waals surface area contributed by atoms with Gasteiger partial charge in [0.15, 0.2) is 0 Å². The van der Waals surface area contributed by atoms with E-state index in [1.54, 1.807) is 21.9 Å². The number of halogens is 1. The van der Waals surface area contributed by atoms with E-state index in [4.69, 9.17) is 4.74 Å². The van der Waals surface area contributed by atoms with Crippen molar-refractivity contribution in [2.24, 2.45) is 0 Å². The van der Waals surface area contributed by atoms with E-state index >= 15 is 0 Å². The molecular formula is C18H25FN2O3. The van der Waals surface area contributed by atoms with Gasteiger partial charge in [0.1, 0.15) is 11.4 Å². The van der Waals surface area contributed by atoms with Crippen LogP contribution in [0.3, 0.4) is 0 Å². The molecule has 1 saturated heterocycles. The van der Waals surface area contributed by atoms with Gasteiger partial charge in [0.05, 0.1) is 6.42 Å². The summed E-state index contributed by atoms with van der Waals surface area (Å²) in [7, 11) is 0. The van der Waals surface area contributed by atoms with Crippen LogP contribution in [0.25, 0.3) is 0 Å². The Morgan fingerprint density at radius 2 is 1.62 bits per heavy atom. The Morgan fingerprint density at radius 3 is 2.25 bits per heavy atom. The van der Waals surface area contributed by atoms with Gasteiger partial charge < -0.3 is 14.5 Å². The zero-order valence-electron chi connectivity index (χ0n) is 14.5. The lowest BCUT2D eigenvalue weighted by Crippen LogP contribution is -2.40. The molecule has 1 aromatic rings. The Bertz CT molecular complexity index is 581. The van der Waals surface area contributed by atoms with E-state index in [-0.39, 0.29) is 24.2 Å². The SMILES string of the molecule is CC(C)(C)OC(=O)N1CCCN(C(=O)Cc2ccc(F)cc2)CC1. The summed E-state index contributed by atoms with van der Waals surface area (Å²) >= 11 is 0. The van der Waals surface area contributed by atoms with Crippen LogP contribution in [0.1, 0.15) is 32.8 Å². The smallest absolute Gasteiger partial charge is 0.410 e. The minimum atomic E-state index is -0.526. The van der Waals surface area contributed by atoms with Crippen molar-refractivity contribution >= 4 is 12.0 Å². The predicted octanol–water partition coefficient (Wildman–Crippen LogP) is 2.84. The minimum Gasteiger partial charge on any atom is -0.444 e. The van der Waals surface area contributed by atoms with Gasteiger partial charge in [-0.15, -0.1) is 0 Å². The van der Waals surface area contributed by atoms with E-state index < -0.39 is 5.60 Å². The van der Waals surface area contributed by atoms with Crippen LogP contribution in [0.15, 0.2) is 24.3 Å². The number of hydrogen-bond acceptors (Lipinski definition) is 3. The molecule has 0 spiro atoms. The fraction of sp³-hybridized carbons (Fsp3) is 0.556. The molecule has 6 heteroatoms. The molecule has 1 heterocycles. The average Bonchev–Trinajstić information content (AvgIpc) is 2.74. The maximum Gasteiger partial charge on any atom is 0.410 e. The van der Waals surface area contributed by atoms with Crippen molar-refractivity contribution < 1.29 is 18.7 Å². The first-order valence-electron chi connectivity index (χ1n) is 8.25. The van der Waals surface area contributed by atoms with Crippen molar-refractivity contribution in [3.05, 3.63) is 35.6 Å². The molecule has 0 unspecified atom stereocenters. The van der Waals surface area contributed by atoms with Gasteiger partial charge >= 0.3 is 6.09 Å². The average molecular weight is 336 g/mol. The topological polar surface area (TPSA) is 49.9 Å². The van der Waals surface area contributed by atoms with Gasteiger partial charge in [-0.2, -0.15) is 0 Å². The van der Waals surface area contributed by atoms with Crippen molar-refractivity contribution in [2.75, 3.05) is 26.2 Å². The molecule has 0 aromatic heterocycles. The van der Waals surface area contributed by atoms with Crippen LogP contribution in [-0.2, 0) is 16.0 Å². The summed E-state index contributed by atoms with van der Waals surface area (Å²) in [6.45, 7) is 7.64. The second kappa shape index (κ2) is 7.64. The zero-order chi connectivity index (χ0) is 17.7. The van der Waals surface area contributed by atoms with Crippen LogP contribution in [0.2, 0.25) is 0 Å². The van der Waals surface area contributed by atoms with E-state index in [9.17, 15) is 14.0 Å². The molecule has 0 N–H and O–H groups in total. The first kappa shape index (κ1) is 18.2. The third-order valence-electron chi connectivity index (χ3n) is 3.77. The molecule has 1 aliphatic rings. The highest BCUT2D eigenvalue weighted by Crippen LogP contribution is 2.13. The maximum absolute atomic E-state index is 12.9. The summed E-state index contributed by atoms with van der Waals surface area (Å²) in [5.74, 6) is -0.318. The molecule has 0 aliphatic carbocycles. The van der Waals surface area contributed by atoms with Crippen molar-refractivity contribution in [1.82, 2.24) is 9.80 Å². The minimum absolute atomic E-state index is 0.00681. The summed E-state index contributed by atoms with van der Waals surface area (Å²) in [5.41, 5.74) is 0.260. The fourth-order valence-corrected chi connectivity index (χ4v) is 2.56. The molecule has 5 nitrogen and oxygen atoms in total. The second-order valence-electron chi connectivity index (χ2n) is 7.00. The number of rotatable bonds is 2. The van der Waals surface area contributed by atoms with Crippen molar-refractivity contribution in [3.63, 3.8) is 0 Å². The van der Waals surface area contributed by atoms with Crippen LogP contribution in [0.4, 0.5) is 9.18 Å². The lowest BCUT2D eigenvalue weighted by atomic mass is 10.1. The van der Waals surface area contributed by atoms with Crippen molar-refractivity contribution in [3.8, 4) is 0 Å². The Kier molecular flexibility index (Phi) is 5.80. The summed E-state index contributed by atoms with van der Waals surface area (Å²) in [6.07, 6.45) is 0.622. The molecule has 0 saturated carbocycles. The van der Waals surface area contributed by atoms with Gasteiger partial charge in [-0.1, -0.05) is 12.1 Å². The number of carbonyl (C=O) groups excluding carboxylic acids is 2. The number of nitrogens with zero attached hydrogens (tertiary/aromatic N) is 2. The normalized spacial score (nSPS) is 15.8. The zero-order valence-corrected chi connectivity index (χ0v) is 14.5. The molecule has 1 fully saturated rings. The van der Waals surface area contributed by atoms with Crippen LogP contribution in [0, 0.1) is 5.82 Å². The number of amides is 2. The molecule has 132 valence electrons. The second-order valence-corrected chi connectivity index (χ2v) is 7.00. The van der Waals surface area contributed by atoms with Crippen LogP contribution < -0.4 is 0 Å². The molecule has 0 atom stereocenters. The van der Waals surface area contributed by atoms with Gasteiger partial charge in [-0.05, 0) is 44.9 Å². The number of hydrogen-bond donors (Lipinski definition) is 0. The lowest BCUT2D eigenvalue weighted by Gasteiger charge is -2.26. The standard InChI is InChI=1S/C18H25FN2O3/c1-18(2,3)24-17(23)21-10-4-9-20(11-12-21)16(22)13-14-5-7-15(19)8-6-14/h5-8H,4,9-13H2,1-3H3. The molecule has 0 radical (unpaired) electrons. The van der Waals surface area contributed by atoms with E-state index in [2.05, 4.69) is 0 Å². The van der Waals surface area contributed by atoms with Gasteiger partial charge in [0.25, 0.3) is 0 Å². The van der Waals surface area contributed by atoms with Crippen LogP contribution in [-0.4, -0.2) is 53.6 Å². The highest BCUT2D eigenvalue weighted by atomic mass is 19.1. The third-order valence-corrected chi connectivity index (χ3v) is 3.77. The monoisotopic (exact) mass is 336 g/mol.